The molecule has 2 aromatic carbocycles. The Kier molecular flexibility index (Phi) is 3.33. The maximum absolute atomic E-state index is 12.1. The van der Waals surface area contributed by atoms with Crippen LogP contribution in [0.3, 0.4) is 0 Å². The first-order valence-corrected chi connectivity index (χ1v) is 6.58. The highest BCUT2D eigenvalue weighted by Crippen LogP contribution is 2.26. The van der Waals surface area contributed by atoms with Crippen LogP contribution in [0.2, 0.25) is 0 Å². The number of ketones is 1. The number of aliphatic imine (C=N–C) groups is 1. The number of methoxy groups -OCH3 is 1. The van der Waals surface area contributed by atoms with Crippen LogP contribution in [0.25, 0.3) is 0 Å². The van der Waals surface area contributed by atoms with Gasteiger partial charge in [-0.15, -0.1) is 0 Å². The Morgan fingerprint density at radius 3 is 2.75 bits per heavy atom. The van der Waals surface area contributed by atoms with Crippen molar-refractivity contribution in [2.75, 3.05) is 7.11 Å². The monoisotopic (exact) mass is 265 g/mol. The predicted molar refractivity (Wildman–Crippen MR) is 79.0 cm³/mol. The molecule has 0 fully saturated rings. The third-order valence-electron chi connectivity index (χ3n) is 3.40. The van der Waals surface area contributed by atoms with Gasteiger partial charge in [-0.25, -0.2) is 0 Å². The molecule has 0 unspecified atom stereocenters. The van der Waals surface area contributed by atoms with Crippen molar-refractivity contribution in [1.82, 2.24) is 0 Å². The number of para-hydroxylation sites is 1. The molecule has 0 atom stereocenters. The molecule has 0 N–H and O–H groups in total. The van der Waals surface area contributed by atoms with Crippen LogP contribution >= 0.6 is 0 Å². The van der Waals surface area contributed by atoms with E-state index >= 15 is 0 Å². The van der Waals surface area contributed by atoms with Crippen molar-refractivity contribution < 1.29 is 9.53 Å². The number of carbonyl (C=O) groups excluding carboxylic acids is 1. The van der Waals surface area contributed by atoms with Gasteiger partial charge in [0.1, 0.15) is 11.5 Å². The lowest BCUT2D eigenvalue weighted by Gasteiger charge is -2.06. The third-order valence-corrected chi connectivity index (χ3v) is 3.40. The molecule has 1 heterocycles. The second-order valence-corrected chi connectivity index (χ2v) is 4.81. The van der Waals surface area contributed by atoms with E-state index in [1.807, 2.05) is 48.5 Å². The van der Waals surface area contributed by atoms with E-state index in [0.29, 0.717) is 12.8 Å². The maximum Gasteiger partial charge on any atom is 0.143 e. The summed E-state index contributed by atoms with van der Waals surface area (Å²) >= 11 is 0. The molecule has 3 rings (SSSR count). The fourth-order valence-electron chi connectivity index (χ4n) is 2.39. The molecule has 20 heavy (non-hydrogen) atoms. The summed E-state index contributed by atoms with van der Waals surface area (Å²) in [4.78, 5) is 16.7. The molecule has 0 bridgehead atoms. The molecule has 3 nitrogen and oxygen atoms in total. The van der Waals surface area contributed by atoms with E-state index in [2.05, 4.69) is 4.99 Å². The largest absolute Gasteiger partial charge is 0.497 e. The van der Waals surface area contributed by atoms with Gasteiger partial charge in [-0.05, 0) is 23.8 Å². The Hall–Kier alpha value is -2.42. The number of nitrogens with zero attached hydrogens (tertiary/aromatic N) is 1. The van der Waals surface area contributed by atoms with Crippen LogP contribution in [0.5, 0.6) is 5.75 Å². The van der Waals surface area contributed by atoms with Crippen molar-refractivity contribution in [3.05, 3.63) is 59.7 Å². The average Bonchev–Trinajstić information content (AvgIpc) is 2.65. The number of rotatable bonds is 2. The Morgan fingerprint density at radius 1 is 1.05 bits per heavy atom. The van der Waals surface area contributed by atoms with Crippen LogP contribution in [0, 0.1) is 0 Å². The van der Waals surface area contributed by atoms with Crippen molar-refractivity contribution in [3.8, 4) is 5.75 Å². The van der Waals surface area contributed by atoms with E-state index in [-0.39, 0.29) is 5.78 Å². The van der Waals surface area contributed by atoms with Crippen LogP contribution in [0.4, 0.5) is 5.69 Å². The zero-order valence-corrected chi connectivity index (χ0v) is 11.3. The van der Waals surface area contributed by atoms with E-state index < -0.39 is 0 Å². The molecule has 0 aromatic heterocycles. The summed E-state index contributed by atoms with van der Waals surface area (Å²) in [5.41, 5.74) is 3.62. The quantitative estimate of drug-likeness (QED) is 0.835. The lowest BCUT2D eigenvalue weighted by atomic mass is 10.0. The molecule has 0 radical (unpaired) electrons. The van der Waals surface area contributed by atoms with E-state index in [9.17, 15) is 4.79 Å². The molecule has 0 saturated heterocycles. The van der Waals surface area contributed by atoms with Gasteiger partial charge in [0.25, 0.3) is 0 Å². The molecule has 1 aliphatic rings. The van der Waals surface area contributed by atoms with Crippen LogP contribution < -0.4 is 4.74 Å². The highest BCUT2D eigenvalue weighted by Gasteiger charge is 2.17. The molecule has 1 aliphatic heterocycles. The van der Waals surface area contributed by atoms with Gasteiger partial charge < -0.3 is 4.74 Å². The van der Waals surface area contributed by atoms with Gasteiger partial charge in [0.15, 0.2) is 0 Å². The topological polar surface area (TPSA) is 38.7 Å². The number of hydrogen-bond acceptors (Lipinski definition) is 3. The second kappa shape index (κ2) is 5.29. The number of hydrogen-bond donors (Lipinski definition) is 0. The van der Waals surface area contributed by atoms with Crippen molar-refractivity contribution in [3.63, 3.8) is 0 Å². The minimum atomic E-state index is 0.191. The van der Waals surface area contributed by atoms with Crippen LogP contribution in [0.1, 0.15) is 17.5 Å². The predicted octanol–water partition coefficient (Wildman–Crippen LogP) is 3.33. The van der Waals surface area contributed by atoms with Gasteiger partial charge in [0.05, 0.1) is 18.5 Å². The lowest BCUT2D eigenvalue weighted by Crippen LogP contribution is -2.09. The van der Waals surface area contributed by atoms with Crippen molar-refractivity contribution in [2.24, 2.45) is 4.99 Å². The molecule has 0 amide bonds. The molecule has 2 aromatic rings. The Balaban J connectivity index is 2.08. The summed E-state index contributed by atoms with van der Waals surface area (Å²) in [6.45, 7) is 0. The number of Topliss-reactive ketones (excluding diaryl/α,β-unsaturated/α-hetero) is 1. The van der Waals surface area contributed by atoms with Gasteiger partial charge in [0.2, 0.25) is 0 Å². The standard InChI is InChI=1S/C17H15NO2/c1-20-15-7-4-6-13(10-15)17-11-14(19)9-12-5-2-3-8-16(12)18-17/h2-8,10H,9,11H2,1H3. The Labute approximate surface area is 117 Å². The van der Waals surface area contributed by atoms with E-state index in [1.54, 1.807) is 7.11 Å². The SMILES string of the molecule is COc1cccc(C2=Nc3ccccc3CC(=O)C2)c1. The van der Waals surface area contributed by atoms with Crippen LogP contribution in [-0.2, 0) is 11.2 Å². The first-order valence-electron chi connectivity index (χ1n) is 6.58. The third kappa shape index (κ3) is 2.48. The van der Waals surface area contributed by atoms with E-state index in [1.165, 1.54) is 0 Å². The first-order chi connectivity index (χ1) is 9.76. The Bertz CT molecular complexity index is 689. The lowest BCUT2D eigenvalue weighted by molar-refractivity contribution is -0.117. The maximum atomic E-state index is 12.1. The van der Waals surface area contributed by atoms with Crippen molar-refractivity contribution in [1.29, 1.82) is 0 Å². The summed E-state index contributed by atoms with van der Waals surface area (Å²) in [6, 6.07) is 15.5. The average molecular weight is 265 g/mol. The normalized spacial score (nSPS) is 14.2. The van der Waals surface area contributed by atoms with E-state index in [4.69, 9.17) is 4.74 Å². The van der Waals surface area contributed by atoms with Gasteiger partial charge in [-0.2, -0.15) is 0 Å². The molecule has 0 spiro atoms. The molecular formula is C17H15NO2. The molecule has 0 saturated carbocycles. The zero-order valence-electron chi connectivity index (χ0n) is 11.3. The molecular weight excluding hydrogens is 250 g/mol. The fraction of sp³-hybridized carbons (Fsp3) is 0.176. The number of carbonyl (C=O) groups is 1. The van der Waals surface area contributed by atoms with Gasteiger partial charge in [-0.3, -0.25) is 9.79 Å². The van der Waals surface area contributed by atoms with Gasteiger partial charge in [0, 0.05) is 18.4 Å². The number of benzene rings is 2. The summed E-state index contributed by atoms with van der Waals surface area (Å²) in [6.07, 6.45) is 0.814. The zero-order chi connectivity index (χ0) is 13.9. The van der Waals surface area contributed by atoms with Gasteiger partial charge >= 0.3 is 0 Å². The van der Waals surface area contributed by atoms with Crippen LogP contribution in [0.15, 0.2) is 53.5 Å². The minimum Gasteiger partial charge on any atom is -0.497 e. The molecule has 0 aliphatic carbocycles. The highest BCUT2D eigenvalue weighted by atomic mass is 16.5. The summed E-state index contributed by atoms with van der Waals surface area (Å²) in [5.74, 6) is 0.965. The smallest absolute Gasteiger partial charge is 0.143 e. The number of fused-ring (bicyclic) bond motifs is 1. The summed E-state index contributed by atoms with van der Waals surface area (Å²) in [7, 11) is 1.63. The number of ether oxygens (including phenoxy) is 1. The molecule has 3 heteroatoms. The minimum absolute atomic E-state index is 0.191. The summed E-state index contributed by atoms with van der Waals surface area (Å²) in [5, 5.41) is 0. The Morgan fingerprint density at radius 2 is 1.90 bits per heavy atom. The first kappa shape index (κ1) is 12.6. The summed E-state index contributed by atoms with van der Waals surface area (Å²) < 4.78 is 5.23. The van der Waals surface area contributed by atoms with Crippen molar-refractivity contribution in [2.45, 2.75) is 12.8 Å². The fourth-order valence-corrected chi connectivity index (χ4v) is 2.39. The molecule has 100 valence electrons. The van der Waals surface area contributed by atoms with Crippen LogP contribution in [-0.4, -0.2) is 18.6 Å². The highest BCUT2D eigenvalue weighted by molar-refractivity contribution is 6.13. The second-order valence-electron chi connectivity index (χ2n) is 4.81. The van der Waals surface area contributed by atoms with Gasteiger partial charge in [-0.1, -0.05) is 30.3 Å². The van der Waals surface area contributed by atoms with E-state index in [0.717, 1.165) is 28.3 Å². The van der Waals surface area contributed by atoms with Crippen molar-refractivity contribution >= 4 is 17.2 Å².